The monoisotopic (exact) mass is 207 g/mol. The lowest BCUT2D eigenvalue weighted by molar-refractivity contribution is 0.359. The molecule has 0 bridgehead atoms. The second kappa shape index (κ2) is 3.93. The highest BCUT2D eigenvalue weighted by Crippen LogP contribution is 2.36. The van der Waals surface area contributed by atoms with E-state index in [0.717, 1.165) is 24.8 Å². The Bertz CT molecular complexity index is 342. The smallest absolute Gasteiger partial charge is 0.101 e. The summed E-state index contributed by atoms with van der Waals surface area (Å²) < 4.78 is 13.0. The first-order chi connectivity index (χ1) is 7.09. The summed E-state index contributed by atoms with van der Waals surface area (Å²) in [5, 5.41) is 0. The van der Waals surface area contributed by atoms with E-state index in [4.69, 9.17) is 5.73 Å². The third-order valence-electron chi connectivity index (χ3n) is 3.05. The molecule has 2 N–H and O–H groups in total. The molecule has 1 fully saturated rings. The summed E-state index contributed by atoms with van der Waals surface area (Å²) in [5.74, 6) is 0. The molecule has 15 heavy (non-hydrogen) atoms. The first-order valence-electron chi connectivity index (χ1n) is 5.59. The maximum absolute atomic E-state index is 13.0. The summed E-state index contributed by atoms with van der Waals surface area (Å²) in [6.45, 7) is 1.60. The number of benzene rings is 1. The van der Waals surface area contributed by atoms with Crippen molar-refractivity contribution in [2.24, 2.45) is 5.73 Å². The maximum Gasteiger partial charge on any atom is 0.101 e. The molecule has 2 rings (SSSR count). The van der Waals surface area contributed by atoms with E-state index < -0.39 is 6.17 Å². The molecule has 1 nitrogen and oxygen atoms in total. The van der Waals surface area contributed by atoms with Gasteiger partial charge in [-0.25, -0.2) is 4.39 Å². The van der Waals surface area contributed by atoms with E-state index in [1.807, 2.05) is 18.2 Å². The number of hydrogen-bond donors (Lipinski definition) is 1. The molecular formula is C13H18FN. The van der Waals surface area contributed by atoms with Crippen LogP contribution in [0.2, 0.25) is 0 Å². The van der Waals surface area contributed by atoms with E-state index in [9.17, 15) is 4.39 Å². The largest absolute Gasteiger partial charge is 0.325 e. The van der Waals surface area contributed by atoms with Crippen molar-refractivity contribution in [1.82, 2.24) is 0 Å². The van der Waals surface area contributed by atoms with E-state index in [2.05, 4.69) is 6.07 Å². The van der Waals surface area contributed by atoms with Crippen molar-refractivity contribution in [2.75, 3.05) is 0 Å². The summed E-state index contributed by atoms with van der Waals surface area (Å²) in [5.41, 5.74) is 8.43. The predicted octanol–water partition coefficient (Wildman–Crippen LogP) is 2.62. The van der Waals surface area contributed by atoms with Gasteiger partial charge in [-0.05, 0) is 37.3 Å². The number of nitrogens with two attached hydrogens (primary N) is 1. The van der Waals surface area contributed by atoms with Gasteiger partial charge < -0.3 is 5.73 Å². The number of halogens is 1. The van der Waals surface area contributed by atoms with Crippen LogP contribution in [-0.4, -0.2) is 11.7 Å². The zero-order valence-corrected chi connectivity index (χ0v) is 9.17. The second-order valence-corrected chi connectivity index (χ2v) is 4.79. The zero-order valence-electron chi connectivity index (χ0n) is 9.17. The van der Waals surface area contributed by atoms with Crippen molar-refractivity contribution >= 4 is 0 Å². The van der Waals surface area contributed by atoms with Gasteiger partial charge >= 0.3 is 0 Å². The van der Waals surface area contributed by atoms with Crippen LogP contribution in [0.4, 0.5) is 4.39 Å². The maximum atomic E-state index is 13.0. The number of rotatable bonds is 4. The molecule has 0 radical (unpaired) electrons. The highest BCUT2D eigenvalue weighted by molar-refractivity contribution is 5.30. The number of hydrogen-bond acceptors (Lipinski definition) is 1. The van der Waals surface area contributed by atoms with Gasteiger partial charge in [-0.1, -0.05) is 24.3 Å². The van der Waals surface area contributed by atoms with Crippen LogP contribution in [0.5, 0.6) is 0 Å². The van der Waals surface area contributed by atoms with Crippen LogP contribution in [0, 0.1) is 0 Å². The molecule has 2 heteroatoms. The van der Waals surface area contributed by atoms with Gasteiger partial charge in [0.05, 0.1) is 0 Å². The van der Waals surface area contributed by atoms with Crippen LogP contribution in [0.3, 0.4) is 0 Å². The third kappa shape index (κ3) is 2.78. The van der Waals surface area contributed by atoms with E-state index in [1.54, 1.807) is 6.92 Å². The van der Waals surface area contributed by atoms with Gasteiger partial charge in [0, 0.05) is 12.0 Å². The average molecular weight is 207 g/mol. The molecule has 0 aromatic heterocycles. The Hall–Kier alpha value is -0.890. The molecular weight excluding hydrogens is 189 g/mol. The van der Waals surface area contributed by atoms with Crippen molar-refractivity contribution in [3.05, 3.63) is 35.4 Å². The summed E-state index contributed by atoms with van der Waals surface area (Å²) in [7, 11) is 0. The lowest BCUT2D eigenvalue weighted by atomic mass is 9.96. The van der Waals surface area contributed by atoms with Gasteiger partial charge in [0.1, 0.15) is 6.17 Å². The van der Waals surface area contributed by atoms with Crippen molar-refractivity contribution < 1.29 is 4.39 Å². The minimum Gasteiger partial charge on any atom is -0.325 e. The van der Waals surface area contributed by atoms with E-state index in [1.165, 1.54) is 5.56 Å². The van der Waals surface area contributed by atoms with Crippen LogP contribution in [0.1, 0.15) is 30.9 Å². The minimum atomic E-state index is -0.779. The third-order valence-corrected chi connectivity index (χ3v) is 3.05. The van der Waals surface area contributed by atoms with Crippen LogP contribution in [0.25, 0.3) is 0 Å². The lowest BCUT2D eigenvalue weighted by Crippen LogP contribution is -2.25. The molecule has 1 aliphatic carbocycles. The topological polar surface area (TPSA) is 26.0 Å². The van der Waals surface area contributed by atoms with Crippen molar-refractivity contribution in [3.8, 4) is 0 Å². The Balaban J connectivity index is 2.14. The van der Waals surface area contributed by atoms with Crippen molar-refractivity contribution in [2.45, 2.75) is 44.3 Å². The molecule has 1 saturated carbocycles. The van der Waals surface area contributed by atoms with Gasteiger partial charge in [0.25, 0.3) is 0 Å². The Labute approximate surface area is 90.5 Å². The molecule has 1 aromatic rings. The summed E-state index contributed by atoms with van der Waals surface area (Å²) >= 11 is 0. The highest BCUT2D eigenvalue weighted by atomic mass is 19.1. The van der Waals surface area contributed by atoms with Crippen LogP contribution < -0.4 is 5.73 Å². The Kier molecular flexibility index (Phi) is 2.79. The fraction of sp³-hybridized carbons (Fsp3) is 0.538. The summed E-state index contributed by atoms with van der Waals surface area (Å²) in [4.78, 5) is 0. The van der Waals surface area contributed by atoms with Gasteiger partial charge in [-0.15, -0.1) is 0 Å². The SMILES string of the molecule is CC(F)Cc1ccccc1CC1(N)CC1. The van der Waals surface area contributed by atoms with Gasteiger partial charge in [0.15, 0.2) is 0 Å². The minimum absolute atomic E-state index is 0.00958. The normalized spacial score (nSPS) is 19.9. The molecule has 0 amide bonds. The fourth-order valence-corrected chi connectivity index (χ4v) is 1.95. The van der Waals surface area contributed by atoms with E-state index >= 15 is 0 Å². The average Bonchev–Trinajstić information content (AvgIpc) is 2.86. The van der Waals surface area contributed by atoms with E-state index in [-0.39, 0.29) is 5.54 Å². The van der Waals surface area contributed by atoms with Gasteiger partial charge in [-0.3, -0.25) is 0 Å². The first-order valence-corrected chi connectivity index (χ1v) is 5.59. The fourth-order valence-electron chi connectivity index (χ4n) is 1.95. The van der Waals surface area contributed by atoms with Gasteiger partial charge in [-0.2, -0.15) is 0 Å². The van der Waals surface area contributed by atoms with E-state index in [0.29, 0.717) is 6.42 Å². The predicted molar refractivity (Wildman–Crippen MR) is 60.6 cm³/mol. The van der Waals surface area contributed by atoms with Gasteiger partial charge in [0.2, 0.25) is 0 Å². The first kappa shape index (κ1) is 10.6. The van der Waals surface area contributed by atoms with Crippen molar-refractivity contribution in [1.29, 1.82) is 0 Å². The Morgan fingerprint density at radius 2 is 1.93 bits per heavy atom. The molecule has 1 unspecified atom stereocenters. The molecule has 1 atom stereocenters. The number of alkyl halides is 1. The molecule has 0 heterocycles. The molecule has 0 spiro atoms. The Morgan fingerprint density at radius 1 is 1.33 bits per heavy atom. The van der Waals surface area contributed by atoms with Crippen LogP contribution in [-0.2, 0) is 12.8 Å². The summed E-state index contributed by atoms with van der Waals surface area (Å²) in [6.07, 6.45) is 2.83. The lowest BCUT2D eigenvalue weighted by Gasteiger charge is -2.13. The van der Waals surface area contributed by atoms with Crippen LogP contribution in [0.15, 0.2) is 24.3 Å². The second-order valence-electron chi connectivity index (χ2n) is 4.79. The molecule has 0 saturated heterocycles. The highest BCUT2D eigenvalue weighted by Gasteiger charge is 2.38. The summed E-state index contributed by atoms with van der Waals surface area (Å²) in [6, 6.07) is 8.06. The molecule has 1 aromatic carbocycles. The quantitative estimate of drug-likeness (QED) is 0.807. The molecule has 1 aliphatic rings. The Morgan fingerprint density at radius 3 is 2.47 bits per heavy atom. The zero-order chi connectivity index (χ0) is 10.9. The van der Waals surface area contributed by atoms with Crippen LogP contribution >= 0.6 is 0 Å². The molecule has 0 aliphatic heterocycles. The molecule has 82 valence electrons. The van der Waals surface area contributed by atoms with Crippen molar-refractivity contribution in [3.63, 3.8) is 0 Å². The standard InChI is InChI=1S/C13H18FN/c1-10(14)8-11-4-2-3-5-12(11)9-13(15)6-7-13/h2-5,10H,6-9,15H2,1H3.